The molecule has 0 amide bonds. The molecule has 3 aromatic heterocycles. The summed E-state index contributed by atoms with van der Waals surface area (Å²) in [6.45, 7) is 0. The van der Waals surface area contributed by atoms with Gasteiger partial charge in [-0.2, -0.15) is 0 Å². The molecule has 4 rings (SSSR count). The summed E-state index contributed by atoms with van der Waals surface area (Å²) in [5.74, 6) is -1.27. The highest BCUT2D eigenvalue weighted by Crippen LogP contribution is 2.38. The van der Waals surface area contributed by atoms with Gasteiger partial charge in [0.05, 0.1) is 13.3 Å². The zero-order valence-electron chi connectivity index (χ0n) is 14.8. The normalized spacial score (nSPS) is 10.8. The van der Waals surface area contributed by atoms with Crippen molar-refractivity contribution < 1.29 is 19.7 Å². The number of aromatic nitrogens is 3. The van der Waals surface area contributed by atoms with Crippen LogP contribution < -0.4 is 4.74 Å². The lowest BCUT2D eigenvalue weighted by Crippen LogP contribution is -2.05. The van der Waals surface area contributed by atoms with E-state index in [0.29, 0.717) is 11.3 Å². The molecule has 0 spiro atoms. The summed E-state index contributed by atoms with van der Waals surface area (Å²) in [7, 11) is 1.39. The highest BCUT2D eigenvalue weighted by molar-refractivity contribution is 6.08. The van der Waals surface area contributed by atoms with Gasteiger partial charge >= 0.3 is 5.97 Å². The fourth-order valence-corrected chi connectivity index (χ4v) is 3.12. The minimum absolute atomic E-state index is 0.0934. The highest BCUT2D eigenvalue weighted by Gasteiger charge is 2.23. The zero-order chi connectivity index (χ0) is 19.7. The molecule has 0 aliphatic carbocycles. The van der Waals surface area contributed by atoms with E-state index in [9.17, 15) is 15.0 Å². The van der Waals surface area contributed by atoms with Gasteiger partial charge in [-0.05, 0) is 23.3 Å². The van der Waals surface area contributed by atoms with E-state index in [4.69, 9.17) is 4.74 Å². The second-order valence-electron chi connectivity index (χ2n) is 6.04. The molecule has 0 saturated carbocycles. The topological polar surface area (TPSA) is 105 Å². The van der Waals surface area contributed by atoms with Crippen LogP contribution >= 0.6 is 0 Å². The maximum Gasteiger partial charge on any atom is 0.340 e. The van der Waals surface area contributed by atoms with Gasteiger partial charge in [0.25, 0.3) is 0 Å². The van der Waals surface area contributed by atoms with Gasteiger partial charge in [0.15, 0.2) is 11.5 Å². The first kappa shape index (κ1) is 17.4. The van der Waals surface area contributed by atoms with Crippen molar-refractivity contribution in [1.29, 1.82) is 0 Å². The molecule has 2 N–H and O–H groups in total. The van der Waals surface area contributed by atoms with Crippen LogP contribution in [0.2, 0.25) is 0 Å². The molecule has 28 heavy (non-hydrogen) atoms. The molecule has 0 radical (unpaired) electrons. The number of carbonyl (C=O) groups is 1. The van der Waals surface area contributed by atoms with E-state index in [2.05, 4.69) is 15.0 Å². The first-order valence-electron chi connectivity index (χ1n) is 8.39. The lowest BCUT2D eigenvalue weighted by Gasteiger charge is -2.14. The molecule has 0 fully saturated rings. The van der Waals surface area contributed by atoms with Gasteiger partial charge in [0.1, 0.15) is 16.8 Å². The Labute approximate surface area is 159 Å². The van der Waals surface area contributed by atoms with E-state index in [-0.39, 0.29) is 28.0 Å². The number of benzene rings is 1. The van der Waals surface area contributed by atoms with Crippen molar-refractivity contribution in [3.8, 4) is 33.9 Å². The predicted octanol–water partition coefficient (Wildman–Crippen LogP) is 3.77. The SMILES string of the molecule is COc1c(-c2ccc(-c3ccncc3)cc2)nc2c(O)cncc2c1C(=O)O. The van der Waals surface area contributed by atoms with E-state index < -0.39 is 5.97 Å². The minimum atomic E-state index is -1.19. The smallest absolute Gasteiger partial charge is 0.340 e. The second kappa shape index (κ2) is 6.96. The zero-order valence-corrected chi connectivity index (χ0v) is 14.8. The Morgan fingerprint density at radius 2 is 1.57 bits per heavy atom. The van der Waals surface area contributed by atoms with Crippen molar-refractivity contribution in [2.75, 3.05) is 7.11 Å². The minimum Gasteiger partial charge on any atom is -0.504 e. The molecule has 3 heterocycles. The summed E-state index contributed by atoms with van der Waals surface area (Å²) in [6, 6.07) is 11.3. The second-order valence-corrected chi connectivity index (χ2v) is 6.04. The Morgan fingerprint density at radius 1 is 0.929 bits per heavy atom. The third-order valence-electron chi connectivity index (χ3n) is 4.42. The number of fused-ring (bicyclic) bond motifs is 1. The van der Waals surface area contributed by atoms with Gasteiger partial charge < -0.3 is 14.9 Å². The van der Waals surface area contributed by atoms with Gasteiger partial charge in [0, 0.05) is 29.5 Å². The number of nitrogens with zero attached hydrogens (tertiary/aromatic N) is 3. The summed E-state index contributed by atoms with van der Waals surface area (Å²) in [5, 5.41) is 20.1. The molecular weight excluding hydrogens is 358 g/mol. The lowest BCUT2D eigenvalue weighted by molar-refractivity contribution is 0.0695. The molecule has 0 unspecified atom stereocenters. The van der Waals surface area contributed by atoms with Crippen LogP contribution in [0.4, 0.5) is 0 Å². The van der Waals surface area contributed by atoms with Crippen LogP contribution in [-0.2, 0) is 0 Å². The van der Waals surface area contributed by atoms with Gasteiger partial charge in [-0.25, -0.2) is 9.78 Å². The number of ether oxygens (including phenoxy) is 1. The van der Waals surface area contributed by atoms with Crippen molar-refractivity contribution in [3.63, 3.8) is 0 Å². The number of carboxylic acid groups (broad SMARTS) is 1. The largest absolute Gasteiger partial charge is 0.504 e. The van der Waals surface area contributed by atoms with Crippen molar-refractivity contribution in [3.05, 3.63) is 66.7 Å². The molecule has 0 saturated heterocycles. The number of methoxy groups -OCH3 is 1. The van der Waals surface area contributed by atoms with Crippen LogP contribution in [0.25, 0.3) is 33.3 Å². The summed E-state index contributed by atoms with van der Waals surface area (Å²) in [4.78, 5) is 24.3. The van der Waals surface area contributed by atoms with E-state index in [1.807, 2.05) is 36.4 Å². The summed E-state index contributed by atoms with van der Waals surface area (Å²) < 4.78 is 5.39. The van der Waals surface area contributed by atoms with E-state index in [0.717, 1.165) is 11.1 Å². The monoisotopic (exact) mass is 373 g/mol. The summed E-state index contributed by atoms with van der Waals surface area (Å²) in [6.07, 6.45) is 6.01. The quantitative estimate of drug-likeness (QED) is 0.561. The Morgan fingerprint density at radius 3 is 2.21 bits per heavy atom. The number of aromatic carboxylic acids is 1. The number of aromatic hydroxyl groups is 1. The van der Waals surface area contributed by atoms with Crippen molar-refractivity contribution in [2.45, 2.75) is 0 Å². The van der Waals surface area contributed by atoms with Crippen LogP contribution in [0, 0.1) is 0 Å². The van der Waals surface area contributed by atoms with E-state index in [1.54, 1.807) is 12.4 Å². The number of hydrogen-bond donors (Lipinski definition) is 2. The van der Waals surface area contributed by atoms with Crippen LogP contribution in [-0.4, -0.2) is 38.2 Å². The summed E-state index contributed by atoms with van der Waals surface area (Å²) in [5.41, 5.74) is 3.04. The first-order chi connectivity index (χ1) is 13.6. The molecule has 0 aliphatic heterocycles. The molecule has 0 aliphatic rings. The molecule has 7 nitrogen and oxygen atoms in total. The fraction of sp³-hybridized carbons (Fsp3) is 0.0476. The average Bonchev–Trinajstić information content (AvgIpc) is 2.73. The molecule has 1 aromatic carbocycles. The Hall–Kier alpha value is -4.00. The number of pyridine rings is 3. The molecule has 0 bridgehead atoms. The maximum absolute atomic E-state index is 11.9. The number of carboxylic acids is 1. The van der Waals surface area contributed by atoms with Gasteiger partial charge in [-0.1, -0.05) is 24.3 Å². The number of rotatable bonds is 4. The molecule has 4 aromatic rings. The number of hydrogen-bond acceptors (Lipinski definition) is 6. The van der Waals surface area contributed by atoms with E-state index in [1.165, 1.54) is 19.5 Å². The average molecular weight is 373 g/mol. The lowest BCUT2D eigenvalue weighted by atomic mass is 10.0. The van der Waals surface area contributed by atoms with Gasteiger partial charge in [0.2, 0.25) is 0 Å². The van der Waals surface area contributed by atoms with E-state index >= 15 is 0 Å². The highest BCUT2D eigenvalue weighted by atomic mass is 16.5. The third-order valence-corrected chi connectivity index (χ3v) is 4.42. The van der Waals surface area contributed by atoms with Gasteiger partial charge in [-0.3, -0.25) is 9.97 Å². The first-order valence-corrected chi connectivity index (χ1v) is 8.39. The Kier molecular flexibility index (Phi) is 4.33. The Balaban J connectivity index is 1.93. The van der Waals surface area contributed by atoms with Crippen molar-refractivity contribution in [2.24, 2.45) is 0 Å². The van der Waals surface area contributed by atoms with Crippen LogP contribution in [0.3, 0.4) is 0 Å². The maximum atomic E-state index is 11.9. The molecule has 0 atom stereocenters. The van der Waals surface area contributed by atoms with Crippen LogP contribution in [0.5, 0.6) is 11.5 Å². The molecular formula is C21H15N3O4. The molecule has 138 valence electrons. The third kappa shape index (κ3) is 2.88. The van der Waals surface area contributed by atoms with Crippen molar-refractivity contribution >= 4 is 16.9 Å². The van der Waals surface area contributed by atoms with Crippen molar-refractivity contribution in [1.82, 2.24) is 15.0 Å². The fourth-order valence-electron chi connectivity index (χ4n) is 3.12. The predicted molar refractivity (Wildman–Crippen MR) is 103 cm³/mol. The summed E-state index contributed by atoms with van der Waals surface area (Å²) >= 11 is 0. The van der Waals surface area contributed by atoms with Crippen LogP contribution in [0.1, 0.15) is 10.4 Å². The molecule has 7 heteroatoms. The Bertz CT molecular complexity index is 1180. The standard InChI is InChI=1S/C21H15N3O4/c1-28-20-17(21(26)27)15-10-23-11-16(25)19(15)24-18(20)14-4-2-12(3-5-14)13-6-8-22-9-7-13/h2-11,25H,1H3,(H,26,27). The van der Waals surface area contributed by atoms with Crippen LogP contribution in [0.15, 0.2) is 61.2 Å². The van der Waals surface area contributed by atoms with Gasteiger partial charge in [-0.15, -0.1) is 0 Å².